The molecule has 0 bridgehead atoms. The smallest absolute Gasteiger partial charge is 0.321 e. The highest BCUT2D eigenvalue weighted by Gasteiger charge is 2.28. The van der Waals surface area contributed by atoms with Gasteiger partial charge in [0.1, 0.15) is 6.04 Å². The van der Waals surface area contributed by atoms with E-state index in [1.807, 2.05) is 30.3 Å². The summed E-state index contributed by atoms with van der Waals surface area (Å²) < 4.78 is 28.1. The molecule has 39 heavy (non-hydrogen) atoms. The number of carboxylic acids is 1. The SMILES string of the molecule is O=C(O)[C@H](CCC(=O)N1CCC(CCCC2CCNCC2)CC1)NS(=O)(=O)c1ccc(-c2ccccc2)cc1. The fraction of sp³-hybridized carbons (Fsp3) is 0.533. The van der Waals surface area contributed by atoms with Gasteiger partial charge < -0.3 is 15.3 Å². The van der Waals surface area contributed by atoms with E-state index in [0.29, 0.717) is 19.0 Å². The Hall–Kier alpha value is -2.75. The van der Waals surface area contributed by atoms with Crippen molar-refractivity contribution in [2.45, 2.75) is 68.7 Å². The van der Waals surface area contributed by atoms with Crippen molar-refractivity contribution in [3.63, 3.8) is 0 Å². The number of carbonyl (C=O) groups is 2. The number of nitrogens with one attached hydrogen (secondary N) is 2. The number of benzene rings is 2. The number of aliphatic carboxylic acids is 1. The molecule has 0 radical (unpaired) electrons. The second-order valence-corrected chi connectivity index (χ2v) is 12.6. The number of likely N-dealkylation sites (tertiary alicyclic amines) is 1. The van der Waals surface area contributed by atoms with Crippen molar-refractivity contribution in [3.05, 3.63) is 54.6 Å². The Labute approximate surface area is 232 Å². The highest BCUT2D eigenvalue weighted by molar-refractivity contribution is 7.89. The number of carbonyl (C=O) groups excluding carboxylic acids is 1. The zero-order chi connectivity index (χ0) is 27.7. The van der Waals surface area contributed by atoms with Crippen molar-refractivity contribution in [1.29, 1.82) is 0 Å². The van der Waals surface area contributed by atoms with Crippen molar-refractivity contribution in [3.8, 4) is 11.1 Å². The average Bonchev–Trinajstić information content (AvgIpc) is 2.96. The van der Waals surface area contributed by atoms with Gasteiger partial charge in [0.25, 0.3) is 0 Å². The second-order valence-electron chi connectivity index (χ2n) is 10.9. The molecule has 212 valence electrons. The van der Waals surface area contributed by atoms with Crippen molar-refractivity contribution in [2.75, 3.05) is 26.2 Å². The second kappa shape index (κ2) is 14.1. The highest BCUT2D eigenvalue weighted by atomic mass is 32.2. The molecular weight excluding hydrogens is 514 g/mol. The van der Waals surface area contributed by atoms with Crippen LogP contribution in [0.2, 0.25) is 0 Å². The molecule has 2 aromatic rings. The maximum Gasteiger partial charge on any atom is 0.321 e. The van der Waals surface area contributed by atoms with Gasteiger partial charge in [-0.15, -0.1) is 0 Å². The number of sulfonamides is 1. The molecule has 0 spiro atoms. The molecule has 0 aliphatic carbocycles. The van der Waals surface area contributed by atoms with Crippen LogP contribution in [-0.2, 0) is 19.6 Å². The maximum absolute atomic E-state index is 12.9. The lowest BCUT2D eigenvalue weighted by molar-refractivity contribution is -0.139. The van der Waals surface area contributed by atoms with E-state index in [-0.39, 0.29) is 23.6 Å². The number of hydrogen-bond acceptors (Lipinski definition) is 5. The third-order valence-electron chi connectivity index (χ3n) is 8.16. The first kappa shape index (κ1) is 29.2. The van der Waals surface area contributed by atoms with Gasteiger partial charge in [0, 0.05) is 19.5 Å². The minimum atomic E-state index is -4.06. The molecule has 2 aliphatic heterocycles. The van der Waals surface area contributed by atoms with E-state index in [1.165, 1.54) is 44.2 Å². The Morgan fingerprint density at radius 1 is 0.897 bits per heavy atom. The topological polar surface area (TPSA) is 116 Å². The van der Waals surface area contributed by atoms with E-state index in [2.05, 4.69) is 10.0 Å². The van der Waals surface area contributed by atoms with Crippen LogP contribution in [0, 0.1) is 11.8 Å². The van der Waals surface area contributed by atoms with E-state index in [1.54, 1.807) is 17.0 Å². The summed E-state index contributed by atoms with van der Waals surface area (Å²) in [5, 5.41) is 13.1. The van der Waals surface area contributed by atoms with Crippen LogP contribution < -0.4 is 10.0 Å². The standard InChI is InChI=1S/C30H41N3O5S/c34-29(33-21-17-24(18-22-33)6-4-5-23-15-19-31-20-16-23)14-13-28(30(35)36)32-39(37,38)27-11-9-26(10-12-27)25-7-2-1-3-8-25/h1-3,7-12,23-24,28,31-32H,4-6,13-22H2,(H,35,36)/t28-/m0/s1. The predicted octanol–water partition coefficient (Wildman–Crippen LogP) is 4.27. The molecule has 0 unspecified atom stereocenters. The van der Waals surface area contributed by atoms with Gasteiger partial charge in [-0.1, -0.05) is 61.7 Å². The van der Waals surface area contributed by atoms with Crippen molar-refractivity contribution in [1.82, 2.24) is 14.9 Å². The van der Waals surface area contributed by atoms with Crippen LogP contribution in [0.5, 0.6) is 0 Å². The Morgan fingerprint density at radius 3 is 2.10 bits per heavy atom. The van der Waals surface area contributed by atoms with Gasteiger partial charge in [0.05, 0.1) is 4.90 Å². The van der Waals surface area contributed by atoms with Crippen molar-refractivity contribution >= 4 is 21.9 Å². The maximum atomic E-state index is 12.9. The summed E-state index contributed by atoms with van der Waals surface area (Å²) in [5.74, 6) is 0.0874. The molecule has 9 heteroatoms. The van der Waals surface area contributed by atoms with E-state index in [4.69, 9.17) is 0 Å². The fourth-order valence-corrected chi connectivity index (χ4v) is 6.93. The summed E-state index contributed by atoms with van der Waals surface area (Å²) in [6.07, 6.45) is 8.17. The summed E-state index contributed by atoms with van der Waals surface area (Å²) in [6.45, 7) is 3.65. The minimum absolute atomic E-state index is 0.00713. The molecule has 2 aliphatic rings. The normalized spacial score (nSPS) is 18.1. The Bertz CT molecular complexity index is 1170. The molecule has 1 atom stereocenters. The van der Waals surface area contributed by atoms with Crippen LogP contribution >= 0.6 is 0 Å². The Morgan fingerprint density at radius 2 is 1.49 bits per heavy atom. The zero-order valence-corrected chi connectivity index (χ0v) is 23.4. The lowest BCUT2D eigenvalue weighted by atomic mass is 9.87. The first-order chi connectivity index (χ1) is 18.8. The molecule has 2 aromatic carbocycles. The summed E-state index contributed by atoms with van der Waals surface area (Å²) in [5.41, 5.74) is 1.82. The molecule has 4 rings (SSSR count). The van der Waals surface area contributed by atoms with Gasteiger partial charge in [0.15, 0.2) is 0 Å². The molecule has 0 aromatic heterocycles. The van der Waals surface area contributed by atoms with Gasteiger partial charge in [-0.05, 0) is 80.3 Å². The lowest BCUT2D eigenvalue weighted by Crippen LogP contribution is -2.43. The van der Waals surface area contributed by atoms with Crippen molar-refractivity contribution in [2.24, 2.45) is 11.8 Å². The molecule has 2 heterocycles. The van der Waals surface area contributed by atoms with Gasteiger partial charge in [-0.2, -0.15) is 4.72 Å². The first-order valence-electron chi connectivity index (χ1n) is 14.2. The van der Waals surface area contributed by atoms with E-state index in [9.17, 15) is 23.1 Å². The van der Waals surface area contributed by atoms with Crippen molar-refractivity contribution < 1.29 is 23.1 Å². The first-order valence-corrected chi connectivity index (χ1v) is 15.7. The fourth-order valence-electron chi connectivity index (χ4n) is 5.71. The number of carboxylic acid groups (broad SMARTS) is 1. The van der Waals surface area contributed by atoms with E-state index < -0.39 is 22.0 Å². The number of piperidine rings is 2. The van der Waals surface area contributed by atoms with Crippen LogP contribution in [0.15, 0.2) is 59.5 Å². The van der Waals surface area contributed by atoms with Gasteiger partial charge in [-0.3, -0.25) is 9.59 Å². The summed E-state index contributed by atoms with van der Waals surface area (Å²) in [7, 11) is -4.06. The highest BCUT2D eigenvalue weighted by Crippen LogP contribution is 2.26. The van der Waals surface area contributed by atoms with Crippen LogP contribution in [0.3, 0.4) is 0 Å². The van der Waals surface area contributed by atoms with E-state index in [0.717, 1.165) is 43.0 Å². The summed E-state index contributed by atoms with van der Waals surface area (Å²) >= 11 is 0. The molecule has 3 N–H and O–H groups in total. The Kier molecular flexibility index (Phi) is 10.5. The summed E-state index contributed by atoms with van der Waals surface area (Å²) in [4.78, 5) is 26.4. The van der Waals surface area contributed by atoms with E-state index >= 15 is 0 Å². The van der Waals surface area contributed by atoms with Gasteiger partial charge in [-0.25, -0.2) is 8.42 Å². The van der Waals surface area contributed by atoms with Crippen LogP contribution in [0.25, 0.3) is 11.1 Å². The van der Waals surface area contributed by atoms with Crippen LogP contribution in [-0.4, -0.2) is 62.5 Å². The van der Waals surface area contributed by atoms with Crippen LogP contribution in [0.4, 0.5) is 0 Å². The quantitative estimate of drug-likeness (QED) is 0.360. The van der Waals surface area contributed by atoms with Gasteiger partial charge >= 0.3 is 5.97 Å². The lowest BCUT2D eigenvalue weighted by Gasteiger charge is -2.32. The monoisotopic (exact) mass is 555 g/mol. The predicted molar refractivity (Wildman–Crippen MR) is 152 cm³/mol. The molecule has 1 amide bonds. The Balaban J connectivity index is 1.22. The third kappa shape index (κ3) is 8.62. The number of hydrogen-bond donors (Lipinski definition) is 3. The average molecular weight is 556 g/mol. The van der Waals surface area contributed by atoms with Gasteiger partial charge in [0.2, 0.25) is 15.9 Å². The molecule has 8 nitrogen and oxygen atoms in total. The van der Waals surface area contributed by atoms with Crippen LogP contribution in [0.1, 0.15) is 57.8 Å². The number of amides is 1. The number of rotatable bonds is 12. The minimum Gasteiger partial charge on any atom is -0.480 e. The molecule has 2 saturated heterocycles. The molecule has 2 fully saturated rings. The third-order valence-corrected chi connectivity index (χ3v) is 9.65. The molecule has 0 saturated carbocycles. The number of nitrogens with zero attached hydrogens (tertiary/aromatic N) is 1. The zero-order valence-electron chi connectivity index (χ0n) is 22.6. The largest absolute Gasteiger partial charge is 0.480 e. The molecular formula is C30H41N3O5S. The summed E-state index contributed by atoms with van der Waals surface area (Å²) in [6, 6.07) is 14.5.